The first-order valence-electron chi connectivity index (χ1n) is 11.4. The second-order valence-corrected chi connectivity index (χ2v) is 10.6. The lowest BCUT2D eigenvalue weighted by Crippen LogP contribution is -2.38. The predicted molar refractivity (Wildman–Crippen MR) is 121 cm³/mol. The van der Waals surface area contributed by atoms with Gasteiger partial charge < -0.3 is 9.42 Å². The van der Waals surface area contributed by atoms with Crippen LogP contribution < -0.4 is 0 Å². The van der Waals surface area contributed by atoms with Gasteiger partial charge in [-0.2, -0.15) is 9.40 Å². The van der Waals surface area contributed by atoms with Gasteiger partial charge in [0, 0.05) is 37.4 Å². The summed E-state index contributed by atoms with van der Waals surface area (Å²) >= 11 is 0. The Morgan fingerprint density at radius 1 is 1.03 bits per heavy atom. The summed E-state index contributed by atoms with van der Waals surface area (Å²) in [6, 6.07) is 6.06. The molecule has 1 aliphatic heterocycles. The molecule has 0 unspecified atom stereocenters. The van der Waals surface area contributed by atoms with Crippen molar-refractivity contribution in [2.45, 2.75) is 44.4 Å². The van der Waals surface area contributed by atoms with Crippen molar-refractivity contribution in [1.29, 1.82) is 0 Å². The minimum Gasteiger partial charge on any atom is -0.360 e. The molecule has 0 spiro atoms. The van der Waals surface area contributed by atoms with Gasteiger partial charge in [0.05, 0.1) is 5.69 Å². The zero-order valence-electron chi connectivity index (χ0n) is 19.1. The van der Waals surface area contributed by atoms with Crippen LogP contribution in [0, 0.1) is 19.7 Å². The number of carbonyl (C=O) groups excluding carboxylic acids is 1. The van der Waals surface area contributed by atoms with Crippen LogP contribution in [0.15, 0.2) is 33.7 Å². The van der Waals surface area contributed by atoms with Gasteiger partial charge in [0.25, 0.3) is 5.91 Å². The molecule has 0 N–H and O–H groups in total. The van der Waals surface area contributed by atoms with Gasteiger partial charge in [-0.15, -0.1) is 0 Å². The van der Waals surface area contributed by atoms with E-state index < -0.39 is 10.0 Å². The molecule has 1 amide bonds. The number of nitrogens with zero attached hydrogens (tertiary/aromatic N) is 5. The van der Waals surface area contributed by atoms with E-state index >= 15 is 0 Å². The maximum Gasteiger partial charge on any atom is 0.274 e. The van der Waals surface area contributed by atoms with Crippen LogP contribution in [0.3, 0.4) is 0 Å². The van der Waals surface area contributed by atoms with Gasteiger partial charge in [-0.1, -0.05) is 5.16 Å². The van der Waals surface area contributed by atoms with E-state index in [1.807, 2.05) is 0 Å². The Balaban J connectivity index is 1.38. The Labute approximate surface area is 197 Å². The Morgan fingerprint density at radius 3 is 2.50 bits per heavy atom. The van der Waals surface area contributed by atoms with Crippen molar-refractivity contribution in [2.75, 3.05) is 26.2 Å². The molecule has 1 aliphatic carbocycles. The standard InChI is InChI=1S/C23H26FN5O4S/c1-15-22(16(2)33-26-15)34(31,32)28-12-4-11-27(13-14-28)23(30)21-19-5-3-6-20(19)29(25-21)18-9-7-17(24)8-10-18/h7-10H,3-6,11-14H2,1-2H3. The van der Waals surface area contributed by atoms with Crippen LogP contribution in [0.5, 0.6) is 0 Å². The largest absolute Gasteiger partial charge is 0.360 e. The Hall–Kier alpha value is -3.05. The van der Waals surface area contributed by atoms with Gasteiger partial charge in [-0.05, 0) is 63.8 Å². The summed E-state index contributed by atoms with van der Waals surface area (Å²) in [6.07, 6.45) is 3.00. The number of sulfonamides is 1. The fraction of sp³-hybridized carbons (Fsp3) is 0.435. The number of fused-ring (bicyclic) bond motifs is 1. The van der Waals surface area contributed by atoms with Crippen molar-refractivity contribution in [3.63, 3.8) is 0 Å². The number of carbonyl (C=O) groups is 1. The molecule has 3 aromatic rings. The van der Waals surface area contributed by atoms with E-state index in [9.17, 15) is 17.6 Å². The molecule has 0 saturated carbocycles. The highest BCUT2D eigenvalue weighted by molar-refractivity contribution is 7.89. The van der Waals surface area contributed by atoms with Crippen molar-refractivity contribution in [3.8, 4) is 5.69 Å². The second kappa shape index (κ2) is 8.62. The summed E-state index contributed by atoms with van der Waals surface area (Å²) in [4.78, 5) is 15.3. The predicted octanol–water partition coefficient (Wildman–Crippen LogP) is 2.64. The van der Waals surface area contributed by atoms with Crippen LogP contribution in [-0.2, 0) is 22.9 Å². The van der Waals surface area contributed by atoms with Crippen LogP contribution in [0.2, 0.25) is 0 Å². The van der Waals surface area contributed by atoms with Crippen molar-refractivity contribution in [1.82, 2.24) is 24.1 Å². The molecule has 0 bridgehead atoms. The molecule has 5 rings (SSSR count). The molecule has 11 heteroatoms. The lowest BCUT2D eigenvalue weighted by Gasteiger charge is -2.21. The Bertz CT molecular complexity index is 1330. The molecular weight excluding hydrogens is 461 g/mol. The quantitative estimate of drug-likeness (QED) is 0.561. The van der Waals surface area contributed by atoms with E-state index in [1.165, 1.54) is 16.4 Å². The maximum atomic E-state index is 13.5. The molecule has 2 aromatic heterocycles. The van der Waals surface area contributed by atoms with Crippen LogP contribution in [0.25, 0.3) is 5.69 Å². The van der Waals surface area contributed by atoms with E-state index in [4.69, 9.17) is 4.52 Å². The topological polar surface area (TPSA) is 102 Å². The van der Waals surface area contributed by atoms with Crippen LogP contribution in [0.4, 0.5) is 4.39 Å². The van der Waals surface area contributed by atoms with Crippen molar-refractivity contribution >= 4 is 15.9 Å². The number of benzene rings is 1. The lowest BCUT2D eigenvalue weighted by atomic mass is 10.2. The Morgan fingerprint density at radius 2 is 1.79 bits per heavy atom. The summed E-state index contributed by atoms with van der Waals surface area (Å²) in [7, 11) is -3.77. The minimum atomic E-state index is -3.77. The molecule has 1 aromatic carbocycles. The maximum absolute atomic E-state index is 13.5. The summed E-state index contributed by atoms with van der Waals surface area (Å²) in [6.45, 7) is 4.37. The van der Waals surface area contributed by atoms with E-state index in [0.717, 1.165) is 30.5 Å². The SMILES string of the molecule is Cc1noc(C)c1S(=O)(=O)N1CCCN(C(=O)c2nn(-c3ccc(F)cc3)c3c2CCC3)CC1. The third kappa shape index (κ3) is 3.82. The number of hydrogen-bond donors (Lipinski definition) is 0. The molecule has 34 heavy (non-hydrogen) atoms. The first kappa shape index (κ1) is 22.7. The molecule has 0 atom stereocenters. The zero-order chi connectivity index (χ0) is 24.0. The van der Waals surface area contributed by atoms with E-state index in [2.05, 4.69) is 10.3 Å². The van der Waals surface area contributed by atoms with Gasteiger partial charge in [0.2, 0.25) is 10.0 Å². The van der Waals surface area contributed by atoms with Gasteiger partial charge >= 0.3 is 0 Å². The molecule has 180 valence electrons. The first-order valence-corrected chi connectivity index (χ1v) is 12.8. The van der Waals surface area contributed by atoms with E-state index in [0.29, 0.717) is 36.6 Å². The van der Waals surface area contributed by atoms with Gasteiger partial charge in [0.15, 0.2) is 11.5 Å². The summed E-state index contributed by atoms with van der Waals surface area (Å²) in [5.41, 5.74) is 3.35. The summed E-state index contributed by atoms with van der Waals surface area (Å²) in [5, 5.41) is 8.39. The zero-order valence-corrected chi connectivity index (χ0v) is 19.9. The van der Waals surface area contributed by atoms with E-state index in [1.54, 1.807) is 35.6 Å². The average Bonchev–Trinajstić information content (AvgIpc) is 3.44. The number of hydrogen-bond acceptors (Lipinski definition) is 6. The lowest BCUT2D eigenvalue weighted by molar-refractivity contribution is 0.0756. The minimum absolute atomic E-state index is 0.100. The normalized spacial score (nSPS) is 17.1. The number of rotatable bonds is 4. The Kier molecular flexibility index (Phi) is 5.76. The molecular formula is C23H26FN5O4S. The van der Waals surface area contributed by atoms with Crippen molar-refractivity contribution in [2.24, 2.45) is 0 Å². The summed E-state index contributed by atoms with van der Waals surface area (Å²) < 4.78 is 48.0. The number of halogens is 1. The van der Waals surface area contributed by atoms with Crippen LogP contribution >= 0.6 is 0 Å². The highest BCUT2D eigenvalue weighted by Gasteiger charge is 2.35. The smallest absolute Gasteiger partial charge is 0.274 e. The van der Waals surface area contributed by atoms with Gasteiger partial charge in [-0.3, -0.25) is 4.79 Å². The third-order valence-electron chi connectivity index (χ3n) is 6.51. The molecule has 1 fully saturated rings. The molecule has 9 nitrogen and oxygen atoms in total. The fourth-order valence-electron chi connectivity index (χ4n) is 4.86. The monoisotopic (exact) mass is 487 g/mol. The van der Waals surface area contributed by atoms with Gasteiger partial charge in [-0.25, -0.2) is 17.5 Å². The molecule has 3 heterocycles. The second-order valence-electron chi connectivity index (χ2n) is 8.72. The first-order chi connectivity index (χ1) is 16.3. The highest BCUT2D eigenvalue weighted by Crippen LogP contribution is 2.29. The van der Waals surface area contributed by atoms with E-state index in [-0.39, 0.29) is 35.5 Å². The van der Waals surface area contributed by atoms with Crippen LogP contribution in [0.1, 0.15) is 46.0 Å². The third-order valence-corrected chi connectivity index (χ3v) is 8.66. The number of amides is 1. The van der Waals surface area contributed by atoms with Crippen LogP contribution in [-0.4, -0.2) is 64.6 Å². The average molecular weight is 488 g/mol. The van der Waals surface area contributed by atoms with Crippen molar-refractivity contribution < 1.29 is 22.1 Å². The molecule has 1 saturated heterocycles. The number of aryl methyl sites for hydroxylation is 2. The summed E-state index contributed by atoms with van der Waals surface area (Å²) in [5.74, 6) is -0.267. The number of aromatic nitrogens is 3. The van der Waals surface area contributed by atoms with Gasteiger partial charge in [0.1, 0.15) is 16.4 Å². The van der Waals surface area contributed by atoms with Crippen molar-refractivity contribution in [3.05, 3.63) is 58.5 Å². The molecule has 2 aliphatic rings. The molecule has 0 radical (unpaired) electrons. The highest BCUT2D eigenvalue weighted by atomic mass is 32.2. The fourth-order valence-corrected chi connectivity index (χ4v) is 6.62.